The maximum Gasteiger partial charge on any atom is 0.228 e. The number of carbonyl (C=O) groups excluding carboxylic acids is 2. The molecule has 0 unspecified atom stereocenters. The molecule has 2 aromatic rings. The predicted molar refractivity (Wildman–Crippen MR) is 112 cm³/mol. The zero-order valence-corrected chi connectivity index (χ0v) is 17.6. The molecular formula is C20H33N5O3. The van der Waals surface area contributed by atoms with E-state index in [4.69, 9.17) is 15.1 Å². The van der Waals surface area contributed by atoms with Crippen molar-refractivity contribution in [1.82, 2.24) is 10.1 Å². The molecule has 0 atom stereocenters. The summed E-state index contributed by atoms with van der Waals surface area (Å²) in [6.45, 7) is 8.39. The van der Waals surface area contributed by atoms with Crippen molar-refractivity contribution in [2.24, 2.45) is 11.5 Å². The molecule has 1 aromatic carbocycles. The molecule has 1 amide bonds. The second-order valence-corrected chi connectivity index (χ2v) is 5.77. The molecule has 2 heterocycles. The number of primary amides is 1. The lowest BCUT2D eigenvalue weighted by atomic mass is 9.99. The lowest BCUT2D eigenvalue weighted by Gasteiger charge is -2.27. The van der Waals surface area contributed by atoms with Gasteiger partial charge in [0.15, 0.2) is 0 Å². The van der Waals surface area contributed by atoms with E-state index in [1.807, 2.05) is 13.8 Å². The van der Waals surface area contributed by atoms with Crippen molar-refractivity contribution in [3.63, 3.8) is 0 Å². The molecule has 0 fully saturated rings. The fraction of sp³-hybridized carbons (Fsp3) is 0.500. The minimum absolute atomic E-state index is 0.333. The summed E-state index contributed by atoms with van der Waals surface area (Å²) >= 11 is 0. The Morgan fingerprint density at radius 3 is 2.54 bits per heavy atom. The van der Waals surface area contributed by atoms with Gasteiger partial charge in [0.2, 0.25) is 17.6 Å². The van der Waals surface area contributed by atoms with Crippen LogP contribution >= 0.6 is 0 Å². The van der Waals surface area contributed by atoms with E-state index in [1.54, 1.807) is 0 Å². The number of hydrogen-bond acceptors (Lipinski definition) is 7. The van der Waals surface area contributed by atoms with Crippen LogP contribution in [-0.2, 0) is 22.4 Å². The van der Waals surface area contributed by atoms with Gasteiger partial charge in [0.25, 0.3) is 0 Å². The third-order valence-electron chi connectivity index (χ3n) is 3.51. The van der Waals surface area contributed by atoms with Crippen LogP contribution < -0.4 is 16.4 Å². The highest BCUT2D eigenvalue weighted by Crippen LogP contribution is 2.29. The lowest BCUT2D eigenvalue weighted by Crippen LogP contribution is -2.24. The third kappa shape index (κ3) is 8.77. The molecule has 0 aliphatic carbocycles. The number of benzene rings is 1. The van der Waals surface area contributed by atoms with E-state index in [0.717, 1.165) is 24.8 Å². The van der Waals surface area contributed by atoms with E-state index in [0.29, 0.717) is 24.7 Å². The van der Waals surface area contributed by atoms with Gasteiger partial charge in [-0.3, -0.25) is 4.79 Å². The Bertz CT molecular complexity index is 712. The summed E-state index contributed by atoms with van der Waals surface area (Å²) in [5.74, 6) is 0.923. The second kappa shape index (κ2) is 14.3. The molecule has 4 N–H and O–H groups in total. The van der Waals surface area contributed by atoms with Gasteiger partial charge in [0.1, 0.15) is 6.29 Å². The summed E-state index contributed by atoms with van der Waals surface area (Å²) in [4.78, 5) is 24.7. The van der Waals surface area contributed by atoms with Gasteiger partial charge in [0.05, 0.1) is 0 Å². The van der Waals surface area contributed by atoms with Gasteiger partial charge < -0.3 is 25.7 Å². The molecule has 0 saturated carbocycles. The number of amides is 1. The van der Waals surface area contributed by atoms with Gasteiger partial charge in [-0.2, -0.15) is 4.98 Å². The Kier molecular flexibility index (Phi) is 12.9. The minimum Gasteiger partial charge on any atom is -0.374 e. The Balaban J connectivity index is 0.000000696. The fourth-order valence-corrected chi connectivity index (χ4v) is 2.52. The van der Waals surface area contributed by atoms with Crippen molar-refractivity contribution in [1.29, 1.82) is 0 Å². The number of aromatic nitrogens is 2. The summed E-state index contributed by atoms with van der Waals surface area (Å²) in [6, 6.07) is 6.36. The number of aldehydes is 1. The van der Waals surface area contributed by atoms with Crippen LogP contribution in [0.4, 0.5) is 5.69 Å². The summed E-state index contributed by atoms with van der Waals surface area (Å²) < 4.78 is 5.17. The number of aryl methyl sites for hydroxylation is 1. The lowest BCUT2D eigenvalue weighted by molar-refractivity contribution is -0.116. The molecule has 1 aliphatic rings. The van der Waals surface area contributed by atoms with Crippen molar-refractivity contribution >= 4 is 17.9 Å². The van der Waals surface area contributed by atoms with Gasteiger partial charge in [0, 0.05) is 44.7 Å². The zero-order valence-electron chi connectivity index (χ0n) is 17.6. The highest BCUT2D eigenvalue weighted by Gasteiger charge is 2.16. The third-order valence-corrected chi connectivity index (χ3v) is 3.51. The number of hydrogen-bond donors (Lipinski definition) is 2. The largest absolute Gasteiger partial charge is 0.374 e. The average Bonchev–Trinajstić information content (AvgIpc) is 3.13. The first-order valence-electron chi connectivity index (χ1n) is 9.45. The van der Waals surface area contributed by atoms with Crippen LogP contribution in [0.2, 0.25) is 0 Å². The molecule has 1 aliphatic heterocycles. The smallest absolute Gasteiger partial charge is 0.228 e. The molecule has 3 rings (SSSR count). The SMILES string of the molecule is CC.CC(N)=O.CC=O.CN1CCCc2cc(-c3noc(CCN)n3)ccc21. The van der Waals surface area contributed by atoms with Crippen molar-refractivity contribution in [2.75, 3.05) is 25.0 Å². The van der Waals surface area contributed by atoms with Gasteiger partial charge in [-0.25, -0.2) is 0 Å². The predicted octanol–water partition coefficient (Wildman–Crippen LogP) is 2.34. The molecule has 8 nitrogen and oxygen atoms in total. The van der Waals surface area contributed by atoms with E-state index in [-0.39, 0.29) is 5.91 Å². The van der Waals surface area contributed by atoms with Crippen LogP contribution in [-0.4, -0.2) is 42.5 Å². The monoisotopic (exact) mass is 391 g/mol. The van der Waals surface area contributed by atoms with E-state index in [9.17, 15) is 4.79 Å². The molecule has 0 bridgehead atoms. The van der Waals surface area contributed by atoms with Crippen LogP contribution in [0.25, 0.3) is 11.4 Å². The van der Waals surface area contributed by atoms with Crippen LogP contribution in [0, 0.1) is 0 Å². The minimum atomic E-state index is -0.333. The number of fused-ring (bicyclic) bond motifs is 1. The Morgan fingerprint density at radius 2 is 1.96 bits per heavy atom. The van der Waals surface area contributed by atoms with Gasteiger partial charge in [-0.15, -0.1) is 0 Å². The first-order valence-corrected chi connectivity index (χ1v) is 9.45. The Labute approximate surface area is 167 Å². The van der Waals surface area contributed by atoms with Crippen molar-refractivity contribution < 1.29 is 14.1 Å². The number of nitrogens with two attached hydrogens (primary N) is 2. The number of anilines is 1. The van der Waals surface area contributed by atoms with Crippen molar-refractivity contribution in [2.45, 2.75) is 47.0 Å². The van der Waals surface area contributed by atoms with Crippen LogP contribution in [0.3, 0.4) is 0 Å². The van der Waals surface area contributed by atoms with E-state index in [1.165, 1.54) is 31.5 Å². The van der Waals surface area contributed by atoms with Crippen LogP contribution in [0.5, 0.6) is 0 Å². The van der Waals surface area contributed by atoms with Crippen molar-refractivity contribution in [3.8, 4) is 11.4 Å². The molecular weight excluding hydrogens is 358 g/mol. The molecule has 1 aromatic heterocycles. The van der Waals surface area contributed by atoms with Crippen LogP contribution in [0.1, 0.15) is 45.6 Å². The first-order chi connectivity index (χ1) is 13.4. The molecule has 28 heavy (non-hydrogen) atoms. The number of carbonyl (C=O) groups is 2. The average molecular weight is 392 g/mol. The zero-order chi connectivity index (χ0) is 21.5. The summed E-state index contributed by atoms with van der Waals surface area (Å²) in [6.07, 6.45) is 3.68. The van der Waals surface area contributed by atoms with Gasteiger partial charge in [-0.1, -0.05) is 19.0 Å². The van der Waals surface area contributed by atoms with Gasteiger partial charge >= 0.3 is 0 Å². The topological polar surface area (TPSA) is 128 Å². The first kappa shape index (κ1) is 25.3. The summed E-state index contributed by atoms with van der Waals surface area (Å²) in [5, 5.41) is 4.02. The maximum absolute atomic E-state index is 9.22. The molecule has 8 heteroatoms. The van der Waals surface area contributed by atoms with Crippen molar-refractivity contribution in [3.05, 3.63) is 29.7 Å². The van der Waals surface area contributed by atoms with E-state index < -0.39 is 0 Å². The van der Waals surface area contributed by atoms with Crippen LogP contribution in [0.15, 0.2) is 22.7 Å². The maximum atomic E-state index is 9.22. The molecule has 0 saturated heterocycles. The standard InChI is InChI=1S/C14H18N4O.C2H5NO.C2H4O.C2H6/c1-18-8-2-3-10-9-11(4-5-12(10)18)14-16-13(6-7-15)19-17-14;1-2(3)4;1-2-3;1-2/h4-5,9H,2-3,6-8,15H2,1H3;1H3,(H2,3,4);2H,1H3;1-2H3. The Hall–Kier alpha value is -2.74. The highest BCUT2D eigenvalue weighted by molar-refractivity contribution is 5.70. The Morgan fingerprint density at radius 1 is 1.36 bits per heavy atom. The molecule has 0 spiro atoms. The molecule has 0 radical (unpaired) electrons. The van der Waals surface area contributed by atoms with E-state index in [2.05, 4.69) is 46.0 Å². The van der Waals surface area contributed by atoms with Gasteiger partial charge in [-0.05, 0) is 43.5 Å². The normalized spacial score (nSPS) is 11.4. The number of nitrogens with zero attached hydrogens (tertiary/aromatic N) is 3. The van der Waals surface area contributed by atoms with E-state index >= 15 is 0 Å². The highest BCUT2D eigenvalue weighted by atomic mass is 16.5. The summed E-state index contributed by atoms with van der Waals surface area (Å²) in [5.41, 5.74) is 13.6. The fourth-order valence-electron chi connectivity index (χ4n) is 2.52. The summed E-state index contributed by atoms with van der Waals surface area (Å²) in [7, 11) is 2.13. The number of rotatable bonds is 3. The second-order valence-electron chi connectivity index (χ2n) is 5.77. The molecule has 156 valence electrons. The quantitative estimate of drug-likeness (QED) is 0.768.